The minimum atomic E-state index is -0.441. The fourth-order valence-corrected chi connectivity index (χ4v) is 2.21. The van der Waals surface area contributed by atoms with Crippen molar-refractivity contribution in [3.8, 4) is 5.75 Å². The predicted molar refractivity (Wildman–Crippen MR) is 78.9 cm³/mol. The summed E-state index contributed by atoms with van der Waals surface area (Å²) in [6.07, 6.45) is 0. The highest BCUT2D eigenvalue weighted by atomic mass is 79.9. The molecule has 20 heavy (non-hydrogen) atoms. The zero-order chi connectivity index (χ0) is 14.1. The number of nitrogens with zero attached hydrogens (tertiary/aromatic N) is 2. The highest BCUT2D eigenvalue weighted by Gasteiger charge is 2.17. The van der Waals surface area contributed by atoms with Crippen LogP contribution in [0.5, 0.6) is 5.75 Å². The van der Waals surface area contributed by atoms with Crippen molar-refractivity contribution in [3.63, 3.8) is 0 Å². The van der Waals surface area contributed by atoms with Crippen LogP contribution < -0.4 is 4.74 Å². The zero-order valence-electron chi connectivity index (χ0n) is 10.2. The fourth-order valence-electron chi connectivity index (χ4n) is 1.94. The normalized spacial score (nSPS) is 13.2. The van der Waals surface area contributed by atoms with Crippen LogP contribution in [0.15, 0.2) is 51.9 Å². The first-order valence-corrected chi connectivity index (χ1v) is 6.67. The summed E-state index contributed by atoms with van der Waals surface area (Å²) in [5.74, 6) is 0.566. The lowest BCUT2D eigenvalue weighted by atomic mass is 10.1. The number of halogens is 1. The number of aliphatic imine (C=N–C) groups is 1. The molecule has 0 bridgehead atoms. The number of fused-ring (bicyclic) bond motifs is 1. The molecule has 1 heterocycles. The van der Waals surface area contributed by atoms with Gasteiger partial charge in [0.2, 0.25) is 0 Å². The molecular weight excluding hydrogens is 324 g/mol. The van der Waals surface area contributed by atoms with Crippen molar-refractivity contribution in [2.24, 2.45) is 4.99 Å². The predicted octanol–water partition coefficient (Wildman–Crippen LogP) is 3.87. The van der Waals surface area contributed by atoms with Crippen molar-refractivity contribution in [2.45, 2.75) is 0 Å². The van der Waals surface area contributed by atoms with Crippen LogP contribution >= 0.6 is 15.9 Å². The number of nitro groups is 1. The minimum Gasteiger partial charge on any atom is -0.485 e. The van der Waals surface area contributed by atoms with Gasteiger partial charge in [-0.05, 0) is 23.8 Å². The number of hydrogen-bond acceptors (Lipinski definition) is 4. The molecule has 0 unspecified atom stereocenters. The maximum Gasteiger partial charge on any atom is 0.271 e. The second kappa shape index (κ2) is 5.05. The Morgan fingerprint density at radius 2 is 1.95 bits per heavy atom. The summed E-state index contributed by atoms with van der Waals surface area (Å²) < 4.78 is 6.57. The number of ether oxygens (including phenoxy) is 1. The molecule has 1 aliphatic rings. The van der Waals surface area contributed by atoms with E-state index in [9.17, 15) is 10.1 Å². The van der Waals surface area contributed by atoms with Gasteiger partial charge >= 0.3 is 0 Å². The molecule has 0 amide bonds. The first-order chi connectivity index (χ1) is 9.63. The summed E-state index contributed by atoms with van der Waals surface area (Å²) in [7, 11) is 0. The van der Waals surface area contributed by atoms with Crippen molar-refractivity contribution >= 4 is 33.0 Å². The van der Waals surface area contributed by atoms with Crippen LogP contribution in [-0.2, 0) is 0 Å². The van der Waals surface area contributed by atoms with Crippen LogP contribution in [0.1, 0.15) is 5.56 Å². The van der Waals surface area contributed by atoms with Gasteiger partial charge in [0.1, 0.15) is 18.0 Å². The lowest BCUT2D eigenvalue weighted by molar-refractivity contribution is -0.384. The molecule has 0 spiro atoms. The van der Waals surface area contributed by atoms with Crippen molar-refractivity contribution < 1.29 is 9.66 Å². The van der Waals surface area contributed by atoms with E-state index < -0.39 is 4.92 Å². The van der Waals surface area contributed by atoms with E-state index in [1.807, 2.05) is 24.3 Å². The van der Waals surface area contributed by atoms with Crippen LogP contribution in [-0.4, -0.2) is 17.2 Å². The smallest absolute Gasteiger partial charge is 0.271 e. The number of rotatable bonds is 2. The quantitative estimate of drug-likeness (QED) is 0.619. The third-order valence-corrected chi connectivity index (χ3v) is 3.48. The molecule has 2 aromatic rings. The van der Waals surface area contributed by atoms with E-state index in [-0.39, 0.29) is 5.69 Å². The Labute approximate surface area is 123 Å². The molecule has 0 saturated carbocycles. The van der Waals surface area contributed by atoms with E-state index >= 15 is 0 Å². The van der Waals surface area contributed by atoms with Gasteiger partial charge in [0, 0.05) is 16.6 Å². The lowest BCUT2D eigenvalue weighted by Gasteiger charge is -2.16. The first kappa shape index (κ1) is 12.8. The van der Waals surface area contributed by atoms with Crippen LogP contribution in [0.4, 0.5) is 11.4 Å². The maximum atomic E-state index is 10.8. The molecule has 0 aromatic heterocycles. The number of nitro benzene ring substituents is 1. The molecule has 0 aliphatic carbocycles. The SMILES string of the molecule is O=[N+]([O-])c1ccc2c(c1)N=C(c1ccc(Br)cc1)CO2. The summed E-state index contributed by atoms with van der Waals surface area (Å²) in [5, 5.41) is 10.8. The fraction of sp³-hybridized carbons (Fsp3) is 0.0714. The van der Waals surface area contributed by atoms with Crippen LogP contribution in [0, 0.1) is 10.1 Å². The van der Waals surface area contributed by atoms with Crippen LogP contribution in [0.25, 0.3) is 0 Å². The molecule has 1 aliphatic heterocycles. The van der Waals surface area contributed by atoms with Gasteiger partial charge < -0.3 is 4.74 Å². The van der Waals surface area contributed by atoms with E-state index in [2.05, 4.69) is 20.9 Å². The van der Waals surface area contributed by atoms with E-state index in [1.165, 1.54) is 12.1 Å². The van der Waals surface area contributed by atoms with Gasteiger partial charge in [-0.15, -0.1) is 0 Å². The summed E-state index contributed by atoms with van der Waals surface area (Å²) in [4.78, 5) is 14.8. The minimum absolute atomic E-state index is 0.00755. The zero-order valence-corrected chi connectivity index (χ0v) is 11.8. The molecule has 100 valence electrons. The van der Waals surface area contributed by atoms with Crippen molar-refractivity contribution in [1.82, 2.24) is 0 Å². The summed E-state index contributed by atoms with van der Waals surface area (Å²) in [6, 6.07) is 12.1. The molecule has 0 atom stereocenters. The molecule has 0 fully saturated rings. The van der Waals surface area contributed by atoms with Gasteiger partial charge in [-0.3, -0.25) is 10.1 Å². The summed E-state index contributed by atoms with van der Waals surface area (Å²) in [6.45, 7) is 0.354. The van der Waals surface area contributed by atoms with E-state index in [0.717, 1.165) is 15.7 Å². The maximum absolute atomic E-state index is 10.8. The highest BCUT2D eigenvalue weighted by molar-refractivity contribution is 9.10. The van der Waals surface area contributed by atoms with E-state index in [4.69, 9.17) is 4.74 Å². The number of non-ortho nitro benzene ring substituents is 1. The molecule has 0 N–H and O–H groups in total. The van der Waals surface area contributed by atoms with Gasteiger partial charge in [0.25, 0.3) is 5.69 Å². The van der Waals surface area contributed by atoms with Gasteiger partial charge in [-0.1, -0.05) is 28.1 Å². The Hall–Kier alpha value is -2.21. The molecule has 0 radical (unpaired) electrons. The van der Waals surface area contributed by atoms with Gasteiger partial charge in [0.05, 0.1) is 10.6 Å². The van der Waals surface area contributed by atoms with Crippen molar-refractivity contribution in [3.05, 3.63) is 62.6 Å². The number of benzene rings is 2. The second-order valence-electron chi connectivity index (χ2n) is 4.26. The van der Waals surface area contributed by atoms with Gasteiger partial charge in [0.15, 0.2) is 0 Å². The Morgan fingerprint density at radius 3 is 2.65 bits per heavy atom. The molecule has 3 rings (SSSR count). The van der Waals surface area contributed by atoms with Gasteiger partial charge in [-0.25, -0.2) is 4.99 Å². The molecule has 2 aromatic carbocycles. The van der Waals surface area contributed by atoms with Crippen LogP contribution in [0.3, 0.4) is 0 Å². The summed E-state index contributed by atoms with van der Waals surface area (Å²) in [5.41, 5.74) is 2.19. The highest BCUT2D eigenvalue weighted by Crippen LogP contribution is 2.34. The third-order valence-electron chi connectivity index (χ3n) is 2.95. The largest absolute Gasteiger partial charge is 0.485 e. The van der Waals surface area contributed by atoms with Crippen LogP contribution in [0.2, 0.25) is 0 Å². The molecular formula is C14H9BrN2O3. The third kappa shape index (κ3) is 2.42. The summed E-state index contributed by atoms with van der Waals surface area (Å²) >= 11 is 3.37. The number of hydrogen-bond donors (Lipinski definition) is 0. The average Bonchev–Trinajstić information content (AvgIpc) is 2.47. The van der Waals surface area contributed by atoms with Crippen molar-refractivity contribution in [2.75, 3.05) is 6.61 Å². The average molecular weight is 333 g/mol. The Morgan fingerprint density at radius 1 is 1.20 bits per heavy atom. The molecule has 6 heteroatoms. The van der Waals surface area contributed by atoms with Gasteiger partial charge in [-0.2, -0.15) is 0 Å². The second-order valence-corrected chi connectivity index (χ2v) is 5.18. The Balaban J connectivity index is 2.02. The first-order valence-electron chi connectivity index (χ1n) is 5.88. The standard InChI is InChI=1S/C14H9BrN2O3/c15-10-3-1-9(2-4-10)13-8-20-14-6-5-11(17(18)19)7-12(14)16-13/h1-7H,8H2. The van der Waals surface area contributed by atoms with E-state index in [1.54, 1.807) is 6.07 Å². The monoisotopic (exact) mass is 332 g/mol. The lowest BCUT2D eigenvalue weighted by Crippen LogP contribution is -2.16. The Bertz CT molecular complexity index is 711. The Kier molecular flexibility index (Phi) is 3.23. The van der Waals surface area contributed by atoms with Crippen molar-refractivity contribution in [1.29, 1.82) is 0 Å². The topological polar surface area (TPSA) is 64.7 Å². The molecule has 0 saturated heterocycles. The molecule has 5 nitrogen and oxygen atoms in total. The van der Waals surface area contributed by atoms with E-state index in [0.29, 0.717) is 18.0 Å².